The van der Waals surface area contributed by atoms with Crippen molar-refractivity contribution in [2.75, 3.05) is 0 Å². The summed E-state index contributed by atoms with van der Waals surface area (Å²) in [5.74, 6) is -3.66. The van der Waals surface area contributed by atoms with Gasteiger partial charge in [0.25, 0.3) is 0 Å². The lowest BCUT2D eigenvalue weighted by Gasteiger charge is -2.24. The molecule has 0 aromatic carbocycles. The number of aliphatic hydroxyl groups is 3. The molecular weight excluding hydrogens is 200 g/mol. The van der Waals surface area contributed by atoms with E-state index in [0.717, 1.165) is 5.57 Å². The predicted molar refractivity (Wildman–Crippen MR) is 53.6 cm³/mol. The summed E-state index contributed by atoms with van der Waals surface area (Å²) >= 11 is 0. The zero-order valence-corrected chi connectivity index (χ0v) is 9.44. The standard InChI is InChI=1S/C10H18O5/c1-5-8(10(12,13)14)15-9(11)7(4)6(2)3/h8,12-14H,5H2,1-4H3. The molecule has 15 heavy (non-hydrogen) atoms. The number of carbonyl (C=O) groups excluding carboxylic acids is 1. The van der Waals surface area contributed by atoms with E-state index in [-0.39, 0.29) is 6.42 Å². The number of hydrogen-bond acceptors (Lipinski definition) is 5. The Kier molecular flexibility index (Phi) is 4.93. The van der Waals surface area contributed by atoms with E-state index in [0.29, 0.717) is 5.57 Å². The molecule has 0 aromatic heterocycles. The van der Waals surface area contributed by atoms with Crippen molar-refractivity contribution >= 4 is 5.97 Å². The lowest BCUT2D eigenvalue weighted by atomic mass is 10.2. The quantitative estimate of drug-likeness (QED) is 0.359. The maximum absolute atomic E-state index is 11.4. The minimum atomic E-state index is -2.99. The van der Waals surface area contributed by atoms with Crippen molar-refractivity contribution in [3.05, 3.63) is 11.1 Å². The van der Waals surface area contributed by atoms with Gasteiger partial charge in [-0.25, -0.2) is 4.79 Å². The van der Waals surface area contributed by atoms with Crippen molar-refractivity contribution in [1.29, 1.82) is 0 Å². The maximum Gasteiger partial charge on any atom is 0.334 e. The van der Waals surface area contributed by atoms with Gasteiger partial charge >= 0.3 is 11.9 Å². The molecule has 1 unspecified atom stereocenters. The Morgan fingerprint density at radius 3 is 2.00 bits per heavy atom. The van der Waals surface area contributed by atoms with E-state index in [9.17, 15) is 4.79 Å². The van der Waals surface area contributed by atoms with Gasteiger partial charge in [-0.2, -0.15) is 0 Å². The van der Waals surface area contributed by atoms with Crippen molar-refractivity contribution < 1.29 is 24.9 Å². The van der Waals surface area contributed by atoms with Crippen molar-refractivity contribution in [3.63, 3.8) is 0 Å². The fourth-order valence-electron chi connectivity index (χ4n) is 0.858. The third-order valence-electron chi connectivity index (χ3n) is 2.11. The third kappa shape index (κ3) is 4.42. The second-order valence-electron chi connectivity index (χ2n) is 3.61. The first kappa shape index (κ1) is 14.1. The Morgan fingerprint density at radius 2 is 1.73 bits per heavy atom. The van der Waals surface area contributed by atoms with Crippen LogP contribution in [-0.2, 0) is 9.53 Å². The molecule has 0 spiro atoms. The van der Waals surface area contributed by atoms with Gasteiger partial charge in [-0.15, -0.1) is 0 Å². The van der Waals surface area contributed by atoms with Crippen molar-refractivity contribution in [2.24, 2.45) is 0 Å². The number of allylic oxidation sites excluding steroid dienone is 1. The van der Waals surface area contributed by atoms with Gasteiger partial charge in [0.2, 0.25) is 0 Å². The Labute approximate surface area is 89.0 Å². The summed E-state index contributed by atoms with van der Waals surface area (Å²) in [6, 6.07) is 0. The molecule has 0 saturated heterocycles. The minimum absolute atomic E-state index is 0.102. The van der Waals surface area contributed by atoms with Crippen LogP contribution >= 0.6 is 0 Å². The van der Waals surface area contributed by atoms with Crippen LogP contribution in [-0.4, -0.2) is 33.4 Å². The van der Waals surface area contributed by atoms with E-state index < -0.39 is 18.0 Å². The van der Waals surface area contributed by atoms with Crippen LogP contribution in [0.15, 0.2) is 11.1 Å². The van der Waals surface area contributed by atoms with Gasteiger partial charge in [0, 0.05) is 5.57 Å². The molecule has 0 aromatic rings. The molecule has 0 aliphatic heterocycles. The lowest BCUT2D eigenvalue weighted by Crippen LogP contribution is -2.44. The molecule has 0 rings (SSSR count). The summed E-state index contributed by atoms with van der Waals surface area (Å²) in [6.45, 7) is 6.61. The van der Waals surface area contributed by atoms with Crippen molar-refractivity contribution in [2.45, 2.75) is 46.2 Å². The van der Waals surface area contributed by atoms with Crippen LogP contribution in [0.3, 0.4) is 0 Å². The number of carbonyl (C=O) groups is 1. The predicted octanol–water partition coefficient (Wildman–Crippen LogP) is 0.295. The van der Waals surface area contributed by atoms with Gasteiger partial charge < -0.3 is 20.1 Å². The van der Waals surface area contributed by atoms with E-state index in [2.05, 4.69) is 0 Å². The monoisotopic (exact) mass is 218 g/mol. The van der Waals surface area contributed by atoms with Gasteiger partial charge in [0.15, 0.2) is 6.10 Å². The number of rotatable bonds is 4. The van der Waals surface area contributed by atoms with E-state index in [1.165, 1.54) is 0 Å². The molecule has 0 bridgehead atoms. The highest BCUT2D eigenvalue weighted by Crippen LogP contribution is 2.14. The topological polar surface area (TPSA) is 87.0 Å². The first-order chi connectivity index (χ1) is 6.70. The molecule has 5 heteroatoms. The Morgan fingerprint density at radius 1 is 1.27 bits per heavy atom. The van der Waals surface area contributed by atoms with Crippen LogP contribution in [0, 0.1) is 0 Å². The van der Waals surface area contributed by atoms with Gasteiger partial charge in [0.05, 0.1) is 0 Å². The molecule has 0 aliphatic carbocycles. The summed E-state index contributed by atoms with van der Waals surface area (Å²) in [7, 11) is 0. The van der Waals surface area contributed by atoms with E-state index >= 15 is 0 Å². The first-order valence-electron chi connectivity index (χ1n) is 4.72. The summed E-state index contributed by atoms with van der Waals surface area (Å²) < 4.78 is 4.74. The molecule has 0 amide bonds. The van der Waals surface area contributed by atoms with E-state index in [4.69, 9.17) is 20.1 Å². The zero-order chi connectivity index (χ0) is 12.2. The summed E-state index contributed by atoms with van der Waals surface area (Å²) in [4.78, 5) is 11.4. The molecule has 0 aliphatic rings. The summed E-state index contributed by atoms with van der Waals surface area (Å²) in [6.07, 6.45) is -1.25. The maximum atomic E-state index is 11.4. The highest BCUT2D eigenvalue weighted by atomic mass is 16.7. The third-order valence-corrected chi connectivity index (χ3v) is 2.11. The fourth-order valence-corrected chi connectivity index (χ4v) is 0.858. The highest BCUT2D eigenvalue weighted by molar-refractivity contribution is 5.88. The SMILES string of the molecule is CCC(OC(=O)C(C)=C(C)C)C(O)(O)O. The molecule has 0 radical (unpaired) electrons. The first-order valence-corrected chi connectivity index (χ1v) is 4.72. The molecule has 5 nitrogen and oxygen atoms in total. The van der Waals surface area contributed by atoms with Gasteiger partial charge in [-0.3, -0.25) is 0 Å². The van der Waals surface area contributed by atoms with Gasteiger partial charge in [-0.1, -0.05) is 12.5 Å². The zero-order valence-electron chi connectivity index (χ0n) is 9.44. The number of ether oxygens (including phenoxy) is 1. The molecular formula is C10H18O5. The van der Waals surface area contributed by atoms with E-state index in [1.54, 1.807) is 27.7 Å². The van der Waals surface area contributed by atoms with Crippen LogP contribution in [0.5, 0.6) is 0 Å². The van der Waals surface area contributed by atoms with Crippen molar-refractivity contribution in [3.8, 4) is 0 Å². The molecule has 88 valence electrons. The fraction of sp³-hybridized carbons (Fsp3) is 0.700. The van der Waals surface area contributed by atoms with Crippen LogP contribution in [0.2, 0.25) is 0 Å². The molecule has 3 N–H and O–H groups in total. The molecule has 0 saturated carbocycles. The van der Waals surface area contributed by atoms with Crippen molar-refractivity contribution in [1.82, 2.24) is 0 Å². The van der Waals surface area contributed by atoms with Crippen LogP contribution in [0.1, 0.15) is 34.1 Å². The largest absolute Gasteiger partial charge is 0.450 e. The smallest absolute Gasteiger partial charge is 0.334 e. The Balaban J connectivity index is 4.60. The number of esters is 1. The van der Waals surface area contributed by atoms with Crippen LogP contribution in [0.4, 0.5) is 0 Å². The molecule has 1 atom stereocenters. The number of hydrogen-bond donors (Lipinski definition) is 3. The normalized spacial score (nSPS) is 13.3. The van der Waals surface area contributed by atoms with Gasteiger partial charge in [0.1, 0.15) is 0 Å². The minimum Gasteiger partial charge on any atom is -0.450 e. The summed E-state index contributed by atoms with van der Waals surface area (Å²) in [5, 5.41) is 26.6. The van der Waals surface area contributed by atoms with Gasteiger partial charge in [-0.05, 0) is 27.2 Å². The second-order valence-corrected chi connectivity index (χ2v) is 3.61. The second kappa shape index (κ2) is 5.25. The van der Waals surface area contributed by atoms with Crippen LogP contribution < -0.4 is 0 Å². The van der Waals surface area contributed by atoms with Crippen LogP contribution in [0.25, 0.3) is 0 Å². The Hall–Kier alpha value is -0.910. The average molecular weight is 218 g/mol. The Bertz CT molecular complexity index is 257. The summed E-state index contributed by atoms with van der Waals surface area (Å²) in [5.41, 5.74) is 1.16. The molecule has 0 fully saturated rings. The average Bonchev–Trinajstić information content (AvgIpc) is 2.10. The molecule has 0 heterocycles. The highest BCUT2D eigenvalue weighted by Gasteiger charge is 2.34. The lowest BCUT2D eigenvalue weighted by molar-refractivity contribution is -0.355. The van der Waals surface area contributed by atoms with E-state index in [1.807, 2.05) is 0 Å².